The molecule has 0 amide bonds. The van der Waals surface area contributed by atoms with Gasteiger partial charge in [-0.25, -0.2) is 4.79 Å². The maximum absolute atomic E-state index is 11.2. The summed E-state index contributed by atoms with van der Waals surface area (Å²) in [6, 6.07) is 9.81. The maximum atomic E-state index is 11.2. The minimum Gasteiger partial charge on any atom is -0.298 e. The van der Waals surface area contributed by atoms with Crippen molar-refractivity contribution in [2.75, 3.05) is 7.11 Å². The van der Waals surface area contributed by atoms with Crippen LogP contribution in [-0.2, 0) is 21.0 Å². The highest BCUT2D eigenvalue weighted by Crippen LogP contribution is 2.09. The molecule has 1 atom stereocenters. The topological polar surface area (TPSA) is 35.5 Å². The SMILES string of the molecule is COOC(=O)C(C)Cc1ccccc1. The Hall–Kier alpha value is -1.35. The van der Waals surface area contributed by atoms with Gasteiger partial charge in [0, 0.05) is 0 Å². The lowest BCUT2D eigenvalue weighted by Gasteiger charge is -2.08. The van der Waals surface area contributed by atoms with Gasteiger partial charge in [-0.3, -0.25) is 4.89 Å². The second-order valence-corrected chi connectivity index (χ2v) is 3.16. The van der Waals surface area contributed by atoms with E-state index in [2.05, 4.69) is 9.78 Å². The van der Waals surface area contributed by atoms with Gasteiger partial charge in [-0.05, 0) is 12.0 Å². The van der Waals surface area contributed by atoms with Crippen molar-refractivity contribution in [1.82, 2.24) is 0 Å². The number of benzene rings is 1. The fourth-order valence-electron chi connectivity index (χ4n) is 1.22. The van der Waals surface area contributed by atoms with E-state index in [0.717, 1.165) is 5.56 Å². The Morgan fingerprint density at radius 3 is 2.57 bits per heavy atom. The summed E-state index contributed by atoms with van der Waals surface area (Å²) in [6.45, 7) is 1.81. The van der Waals surface area contributed by atoms with E-state index in [-0.39, 0.29) is 11.9 Å². The first-order chi connectivity index (χ1) is 6.74. The first-order valence-corrected chi connectivity index (χ1v) is 4.52. The van der Waals surface area contributed by atoms with Crippen molar-refractivity contribution in [2.24, 2.45) is 5.92 Å². The molecule has 1 aromatic rings. The molecule has 0 aliphatic carbocycles. The Balaban J connectivity index is 2.49. The number of carbonyl (C=O) groups excluding carboxylic acids is 1. The molecule has 0 aliphatic rings. The van der Waals surface area contributed by atoms with Gasteiger partial charge < -0.3 is 0 Å². The van der Waals surface area contributed by atoms with Crippen LogP contribution in [0.25, 0.3) is 0 Å². The number of rotatable bonds is 4. The van der Waals surface area contributed by atoms with E-state index in [1.807, 2.05) is 37.3 Å². The average molecular weight is 194 g/mol. The zero-order chi connectivity index (χ0) is 10.4. The Labute approximate surface area is 83.6 Å². The molecule has 0 saturated heterocycles. The summed E-state index contributed by atoms with van der Waals surface area (Å²) >= 11 is 0. The molecule has 0 aliphatic heterocycles. The quantitative estimate of drug-likeness (QED) is 0.543. The fraction of sp³-hybridized carbons (Fsp3) is 0.364. The van der Waals surface area contributed by atoms with Crippen molar-refractivity contribution in [3.8, 4) is 0 Å². The fourth-order valence-corrected chi connectivity index (χ4v) is 1.22. The van der Waals surface area contributed by atoms with Crippen LogP contribution in [0.4, 0.5) is 0 Å². The van der Waals surface area contributed by atoms with Crippen molar-refractivity contribution in [3.05, 3.63) is 35.9 Å². The van der Waals surface area contributed by atoms with E-state index < -0.39 is 0 Å². The zero-order valence-corrected chi connectivity index (χ0v) is 8.40. The molecule has 3 heteroatoms. The van der Waals surface area contributed by atoms with E-state index >= 15 is 0 Å². The molecule has 0 fully saturated rings. The molecule has 0 heterocycles. The van der Waals surface area contributed by atoms with E-state index in [1.54, 1.807) is 0 Å². The normalized spacial score (nSPS) is 12.1. The van der Waals surface area contributed by atoms with E-state index in [0.29, 0.717) is 6.42 Å². The number of hydrogen-bond donors (Lipinski definition) is 0. The van der Waals surface area contributed by atoms with E-state index in [1.165, 1.54) is 7.11 Å². The monoisotopic (exact) mass is 194 g/mol. The highest BCUT2D eigenvalue weighted by atomic mass is 17.2. The molecule has 1 unspecified atom stereocenters. The Kier molecular flexibility index (Phi) is 4.13. The summed E-state index contributed by atoms with van der Waals surface area (Å²) in [7, 11) is 1.33. The van der Waals surface area contributed by atoms with Crippen molar-refractivity contribution in [1.29, 1.82) is 0 Å². The van der Waals surface area contributed by atoms with E-state index in [9.17, 15) is 4.79 Å². The lowest BCUT2D eigenvalue weighted by Crippen LogP contribution is -2.16. The lowest BCUT2D eigenvalue weighted by molar-refractivity contribution is -0.258. The first-order valence-electron chi connectivity index (χ1n) is 4.52. The van der Waals surface area contributed by atoms with Crippen molar-refractivity contribution >= 4 is 5.97 Å². The summed E-state index contributed by atoms with van der Waals surface area (Å²) in [6.07, 6.45) is 0.670. The minimum absolute atomic E-state index is 0.183. The van der Waals surface area contributed by atoms with Gasteiger partial charge in [-0.15, -0.1) is 0 Å². The lowest BCUT2D eigenvalue weighted by atomic mass is 10.0. The van der Waals surface area contributed by atoms with Crippen LogP contribution < -0.4 is 0 Å². The summed E-state index contributed by atoms with van der Waals surface area (Å²) in [5, 5.41) is 0. The van der Waals surface area contributed by atoms with Crippen molar-refractivity contribution in [2.45, 2.75) is 13.3 Å². The first kappa shape index (κ1) is 10.7. The van der Waals surface area contributed by atoms with Crippen LogP contribution in [0.3, 0.4) is 0 Å². The Morgan fingerprint density at radius 2 is 2.00 bits per heavy atom. The Bertz CT molecular complexity index is 282. The third-order valence-corrected chi connectivity index (χ3v) is 1.95. The van der Waals surface area contributed by atoms with Gasteiger partial charge in [0.25, 0.3) is 0 Å². The molecule has 1 rings (SSSR count). The molecular formula is C11H14O3. The summed E-state index contributed by atoms with van der Waals surface area (Å²) in [4.78, 5) is 20.0. The van der Waals surface area contributed by atoms with Crippen LogP contribution in [0, 0.1) is 5.92 Å². The molecule has 14 heavy (non-hydrogen) atoms. The van der Waals surface area contributed by atoms with Crippen LogP contribution in [0.1, 0.15) is 12.5 Å². The molecule has 0 radical (unpaired) electrons. The maximum Gasteiger partial charge on any atom is 0.345 e. The minimum atomic E-state index is -0.337. The largest absolute Gasteiger partial charge is 0.345 e. The second-order valence-electron chi connectivity index (χ2n) is 3.16. The molecule has 0 saturated carbocycles. The van der Waals surface area contributed by atoms with Crippen molar-refractivity contribution < 1.29 is 14.6 Å². The summed E-state index contributed by atoms with van der Waals surface area (Å²) in [5.41, 5.74) is 1.12. The molecule has 0 bridgehead atoms. The van der Waals surface area contributed by atoms with Gasteiger partial charge in [0.05, 0.1) is 13.0 Å². The predicted molar refractivity (Wildman–Crippen MR) is 52.4 cm³/mol. The third kappa shape index (κ3) is 3.18. The molecule has 3 nitrogen and oxygen atoms in total. The van der Waals surface area contributed by atoms with Gasteiger partial charge in [-0.1, -0.05) is 37.3 Å². The van der Waals surface area contributed by atoms with Gasteiger partial charge in [0.15, 0.2) is 0 Å². The highest BCUT2D eigenvalue weighted by molar-refractivity contribution is 5.71. The van der Waals surface area contributed by atoms with Crippen LogP contribution in [0.2, 0.25) is 0 Å². The van der Waals surface area contributed by atoms with Crippen LogP contribution >= 0.6 is 0 Å². The molecule has 1 aromatic carbocycles. The average Bonchev–Trinajstić information content (AvgIpc) is 2.19. The van der Waals surface area contributed by atoms with Gasteiger partial charge in [0.1, 0.15) is 0 Å². The number of hydrogen-bond acceptors (Lipinski definition) is 3. The molecule has 0 N–H and O–H groups in total. The zero-order valence-electron chi connectivity index (χ0n) is 8.40. The van der Waals surface area contributed by atoms with Gasteiger partial charge >= 0.3 is 5.97 Å². The molecule has 76 valence electrons. The molecule has 0 spiro atoms. The van der Waals surface area contributed by atoms with Crippen LogP contribution in [-0.4, -0.2) is 13.1 Å². The van der Waals surface area contributed by atoms with E-state index in [4.69, 9.17) is 0 Å². The standard InChI is InChI=1S/C11H14O3/c1-9(11(12)14-13-2)8-10-6-4-3-5-7-10/h3-7,9H,8H2,1-2H3. The van der Waals surface area contributed by atoms with Gasteiger partial charge in [0.2, 0.25) is 0 Å². The smallest absolute Gasteiger partial charge is 0.298 e. The van der Waals surface area contributed by atoms with Gasteiger partial charge in [-0.2, -0.15) is 4.89 Å². The van der Waals surface area contributed by atoms with Crippen molar-refractivity contribution in [3.63, 3.8) is 0 Å². The Morgan fingerprint density at radius 1 is 1.36 bits per heavy atom. The number of carbonyl (C=O) groups is 1. The third-order valence-electron chi connectivity index (χ3n) is 1.95. The predicted octanol–water partition coefficient (Wildman–Crippen LogP) is 1.97. The summed E-state index contributed by atoms with van der Waals surface area (Å²) < 4.78 is 0. The highest BCUT2D eigenvalue weighted by Gasteiger charge is 2.15. The van der Waals surface area contributed by atoms with Crippen LogP contribution in [0.5, 0.6) is 0 Å². The van der Waals surface area contributed by atoms with Crippen LogP contribution in [0.15, 0.2) is 30.3 Å². The molecular weight excluding hydrogens is 180 g/mol. The summed E-state index contributed by atoms with van der Waals surface area (Å²) in [5.74, 6) is -0.520. The second kappa shape index (κ2) is 5.40. The molecule has 0 aromatic heterocycles.